The van der Waals surface area contributed by atoms with Gasteiger partial charge in [-0.15, -0.1) is 0 Å². The Morgan fingerprint density at radius 2 is 1.83 bits per heavy atom. The molecule has 0 aliphatic carbocycles. The molecule has 2 nitrogen and oxygen atoms in total. The average Bonchev–Trinajstić information content (AvgIpc) is 1.35. The maximum Gasteiger partial charge on any atom is 0.466 e. The molecule has 0 unspecified atom stereocenters. The lowest BCUT2D eigenvalue weighted by Crippen LogP contribution is -2.07. The second-order valence-corrected chi connectivity index (χ2v) is 0.977. The largest absolute Gasteiger partial charge is 0.466 e. The lowest BCUT2D eigenvalue weighted by molar-refractivity contribution is -0.374. The fraction of sp³-hybridized carbons (Fsp3) is 1.00. The lowest BCUT2D eigenvalue weighted by atomic mass is 11.5. The highest BCUT2D eigenvalue weighted by atomic mass is 35.5. The Labute approximate surface area is 37.2 Å². The van der Waals surface area contributed by atoms with E-state index in [1.165, 1.54) is 0 Å². The van der Waals surface area contributed by atoms with E-state index in [0.29, 0.717) is 0 Å². The van der Waals surface area contributed by atoms with Gasteiger partial charge in [-0.3, -0.25) is 0 Å². The normalized spacial score (nSPS) is 12.0. The van der Waals surface area contributed by atoms with Crippen LogP contribution >= 0.6 is 11.6 Å². The van der Waals surface area contributed by atoms with E-state index in [-0.39, 0.29) is 0 Å². The van der Waals surface area contributed by atoms with Gasteiger partial charge in [0.1, 0.15) is 0 Å². The van der Waals surface area contributed by atoms with E-state index in [1.54, 1.807) is 0 Å². The lowest BCUT2D eigenvalue weighted by Gasteiger charge is -1.96. The zero-order valence-electron chi connectivity index (χ0n) is 2.49. The van der Waals surface area contributed by atoms with E-state index in [0.717, 1.165) is 0 Å². The van der Waals surface area contributed by atoms with Crippen LogP contribution in [0.25, 0.3) is 0 Å². The highest BCUT2D eigenvalue weighted by Gasteiger charge is 2.25. The van der Waals surface area contributed by atoms with Gasteiger partial charge in [-0.25, -0.2) is 5.26 Å². The third kappa shape index (κ3) is 4.07. The van der Waals surface area contributed by atoms with Crippen molar-refractivity contribution in [2.75, 3.05) is 0 Å². The van der Waals surface area contributed by atoms with Gasteiger partial charge in [0.25, 0.3) is 0 Å². The summed E-state index contributed by atoms with van der Waals surface area (Å²) in [6.07, 6.45) is 0. The van der Waals surface area contributed by atoms with Crippen molar-refractivity contribution in [1.82, 2.24) is 0 Å². The molecule has 0 heterocycles. The molecule has 0 radical (unpaired) electrons. The predicted octanol–water partition coefficient (Wildman–Crippen LogP) is 1.27. The van der Waals surface area contributed by atoms with E-state index >= 15 is 0 Å². The minimum absolute atomic E-state index is 2.37. The zero-order chi connectivity index (χ0) is 5.21. The number of alkyl halides is 3. The average molecular weight is 118 g/mol. The molecule has 0 amide bonds. The first-order valence-electron chi connectivity index (χ1n) is 0.954. The van der Waals surface area contributed by atoms with Gasteiger partial charge in [0, 0.05) is 0 Å². The number of hydrogen-bond acceptors (Lipinski definition) is 2. The Bertz CT molecular complexity index is 41.3. The summed E-state index contributed by atoms with van der Waals surface area (Å²) in [5, 5.41) is 7.02. The van der Waals surface area contributed by atoms with Crippen LogP contribution in [0.5, 0.6) is 0 Å². The van der Waals surface area contributed by atoms with Crippen LogP contribution in [0.3, 0.4) is 0 Å². The molecule has 0 aromatic heterocycles. The van der Waals surface area contributed by atoms with Gasteiger partial charge in [-0.2, -0.15) is 13.7 Å². The molecule has 0 saturated carbocycles. The third-order valence-electron chi connectivity index (χ3n) is 0.104. The van der Waals surface area contributed by atoms with Crippen LogP contribution in [0.2, 0.25) is 0 Å². The maximum absolute atomic E-state index is 10.7. The summed E-state index contributed by atoms with van der Waals surface area (Å²) in [7, 11) is 0. The summed E-state index contributed by atoms with van der Waals surface area (Å²) in [4.78, 5) is 2.37. The fourth-order valence-corrected chi connectivity index (χ4v) is 0. The molecule has 0 bridgehead atoms. The standard InChI is InChI=1S/CHClF2O2/c2-1(3,4)6-5/h5H. The monoisotopic (exact) mass is 118 g/mol. The second-order valence-electron chi connectivity index (χ2n) is 0.537. The van der Waals surface area contributed by atoms with Gasteiger partial charge < -0.3 is 0 Å². The van der Waals surface area contributed by atoms with Crippen LogP contribution in [0.4, 0.5) is 8.78 Å². The predicted molar refractivity (Wildman–Crippen MR) is 14.5 cm³/mol. The van der Waals surface area contributed by atoms with Crippen molar-refractivity contribution in [3.63, 3.8) is 0 Å². The van der Waals surface area contributed by atoms with Crippen LogP contribution in [-0.2, 0) is 4.89 Å². The Morgan fingerprint density at radius 1 is 1.67 bits per heavy atom. The zero-order valence-corrected chi connectivity index (χ0v) is 3.25. The molecule has 0 aliphatic rings. The third-order valence-corrected chi connectivity index (χ3v) is 0.173. The first-order valence-corrected chi connectivity index (χ1v) is 1.33. The Balaban J connectivity index is 3.17. The van der Waals surface area contributed by atoms with Crippen molar-refractivity contribution < 1.29 is 18.9 Å². The highest BCUT2D eigenvalue weighted by molar-refractivity contribution is 6.20. The Morgan fingerprint density at radius 3 is 1.83 bits per heavy atom. The van der Waals surface area contributed by atoms with Gasteiger partial charge in [0.05, 0.1) is 0 Å². The van der Waals surface area contributed by atoms with E-state index in [2.05, 4.69) is 16.5 Å². The fourth-order valence-electron chi connectivity index (χ4n) is 0. The van der Waals surface area contributed by atoms with Crippen molar-refractivity contribution in [3.8, 4) is 0 Å². The van der Waals surface area contributed by atoms with Crippen LogP contribution in [-0.4, -0.2) is 10.8 Å². The molecule has 0 aromatic carbocycles. The summed E-state index contributed by atoms with van der Waals surface area (Å²) in [6, 6.07) is 0. The minimum atomic E-state index is -3.93. The number of hydrogen-bond donors (Lipinski definition) is 1. The molecule has 0 saturated heterocycles. The first kappa shape index (κ1) is 6.07. The second kappa shape index (κ2) is 1.68. The molecule has 0 spiro atoms. The summed E-state index contributed by atoms with van der Waals surface area (Å²) in [5.74, 6) is 0. The van der Waals surface area contributed by atoms with Crippen molar-refractivity contribution in [1.29, 1.82) is 0 Å². The van der Waals surface area contributed by atoms with Crippen molar-refractivity contribution in [2.24, 2.45) is 0 Å². The van der Waals surface area contributed by atoms with E-state index in [9.17, 15) is 8.78 Å². The van der Waals surface area contributed by atoms with Crippen LogP contribution in [0, 0.1) is 0 Å². The molecule has 1 N–H and O–H groups in total. The Kier molecular flexibility index (Phi) is 1.70. The van der Waals surface area contributed by atoms with E-state index < -0.39 is 5.57 Å². The van der Waals surface area contributed by atoms with E-state index in [1.807, 2.05) is 0 Å². The first-order chi connectivity index (χ1) is 2.56. The number of rotatable bonds is 1. The van der Waals surface area contributed by atoms with Crippen LogP contribution in [0.1, 0.15) is 0 Å². The van der Waals surface area contributed by atoms with E-state index in [4.69, 9.17) is 5.26 Å². The SMILES string of the molecule is OOC(F)(F)Cl. The van der Waals surface area contributed by atoms with Gasteiger partial charge in [-0.1, -0.05) is 0 Å². The van der Waals surface area contributed by atoms with Crippen molar-refractivity contribution >= 4 is 11.6 Å². The molecule has 0 aromatic rings. The topological polar surface area (TPSA) is 29.5 Å². The Hall–Kier alpha value is 0.0700. The maximum atomic E-state index is 10.7. The van der Waals surface area contributed by atoms with Gasteiger partial charge >= 0.3 is 5.57 Å². The highest BCUT2D eigenvalue weighted by Crippen LogP contribution is 2.17. The summed E-state index contributed by atoms with van der Waals surface area (Å²) in [6.45, 7) is 0. The summed E-state index contributed by atoms with van der Waals surface area (Å²) in [5.41, 5.74) is -3.93. The summed E-state index contributed by atoms with van der Waals surface area (Å²) >= 11 is 3.91. The number of halogens is 3. The smallest absolute Gasteiger partial charge is 0.245 e. The molecule has 0 aliphatic heterocycles. The van der Waals surface area contributed by atoms with Gasteiger partial charge in [0.2, 0.25) is 0 Å². The minimum Gasteiger partial charge on any atom is -0.245 e. The summed E-state index contributed by atoms with van der Waals surface area (Å²) < 4.78 is 21.5. The molecule has 0 rings (SSSR count). The van der Waals surface area contributed by atoms with Crippen LogP contribution in [0.15, 0.2) is 0 Å². The van der Waals surface area contributed by atoms with Crippen molar-refractivity contribution in [3.05, 3.63) is 0 Å². The molecule has 6 heavy (non-hydrogen) atoms. The quantitative estimate of drug-likeness (QED) is 0.319. The van der Waals surface area contributed by atoms with Crippen LogP contribution < -0.4 is 0 Å². The van der Waals surface area contributed by atoms with Crippen molar-refractivity contribution in [2.45, 2.75) is 5.57 Å². The van der Waals surface area contributed by atoms with Gasteiger partial charge in [-0.05, 0) is 11.6 Å². The molecule has 0 fully saturated rings. The molecular formula is CHClF2O2. The molecular weight excluding hydrogens is 117 g/mol. The molecule has 38 valence electrons. The van der Waals surface area contributed by atoms with Gasteiger partial charge in [0.15, 0.2) is 0 Å². The molecule has 5 heteroatoms. The molecule has 0 atom stereocenters.